The van der Waals surface area contributed by atoms with Gasteiger partial charge < -0.3 is 4.74 Å². The summed E-state index contributed by atoms with van der Waals surface area (Å²) in [6, 6.07) is 9.39. The third-order valence-electron chi connectivity index (χ3n) is 2.84. The Morgan fingerprint density at radius 1 is 1.30 bits per heavy atom. The lowest BCUT2D eigenvalue weighted by molar-refractivity contribution is 0.0992. The van der Waals surface area contributed by atoms with Gasteiger partial charge in [-0.3, -0.25) is 4.79 Å². The summed E-state index contributed by atoms with van der Waals surface area (Å²) in [4.78, 5) is 12.2. The lowest BCUT2D eigenvalue weighted by Gasteiger charge is -2.09. The zero-order valence-electron chi connectivity index (χ0n) is 10.6. The molecule has 2 aromatic carbocycles. The van der Waals surface area contributed by atoms with Crippen LogP contribution >= 0.6 is 27.5 Å². The molecule has 0 aliphatic rings. The van der Waals surface area contributed by atoms with E-state index in [1.165, 1.54) is 18.2 Å². The van der Waals surface area contributed by atoms with Crippen molar-refractivity contribution in [2.24, 2.45) is 0 Å². The lowest BCUT2D eigenvalue weighted by atomic mass is 10.0. The molecule has 0 N–H and O–H groups in total. The minimum absolute atomic E-state index is 0.0583. The van der Waals surface area contributed by atoms with Gasteiger partial charge in [-0.2, -0.15) is 0 Å². The molecular weight excluding hydrogens is 347 g/mol. The Balaban J connectivity index is 2.27. The van der Waals surface area contributed by atoms with Gasteiger partial charge in [-0.05, 0) is 36.4 Å². The molecule has 2 rings (SSSR count). The van der Waals surface area contributed by atoms with E-state index in [9.17, 15) is 9.18 Å². The van der Waals surface area contributed by atoms with Crippen LogP contribution in [0.1, 0.15) is 15.9 Å². The number of rotatable bonds is 4. The van der Waals surface area contributed by atoms with Gasteiger partial charge in [-0.15, -0.1) is 0 Å². The normalized spacial score (nSPS) is 10.4. The number of carbonyl (C=O) groups excluding carboxylic acids is 1. The first-order valence-corrected chi connectivity index (χ1v) is 6.99. The fraction of sp³-hybridized carbons (Fsp3) is 0.133. The van der Waals surface area contributed by atoms with Gasteiger partial charge >= 0.3 is 0 Å². The highest BCUT2D eigenvalue weighted by atomic mass is 79.9. The number of hydrogen-bond donors (Lipinski definition) is 0. The average molecular weight is 358 g/mol. The first-order chi connectivity index (χ1) is 9.51. The minimum Gasteiger partial charge on any atom is -0.496 e. The molecule has 0 heterocycles. The van der Waals surface area contributed by atoms with Crippen molar-refractivity contribution in [2.45, 2.75) is 6.42 Å². The van der Waals surface area contributed by atoms with Gasteiger partial charge in [0.2, 0.25) is 0 Å². The Morgan fingerprint density at radius 2 is 2.05 bits per heavy atom. The number of carbonyl (C=O) groups is 1. The molecule has 0 fully saturated rings. The van der Waals surface area contributed by atoms with E-state index in [-0.39, 0.29) is 17.2 Å². The maximum atomic E-state index is 13.1. The highest BCUT2D eigenvalue weighted by Crippen LogP contribution is 2.25. The van der Waals surface area contributed by atoms with E-state index in [2.05, 4.69) is 15.9 Å². The van der Waals surface area contributed by atoms with Crippen molar-refractivity contribution < 1.29 is 13.9 Å². The zero-order valence-corrected chi connectivity index (χ0v) is 13.0. The Labute approximate surface area is 129 Å². The van der Waals surface area contributed by atoms with Crippen molar-refractivity contribution in [2.75, 3.05) is 7.11 Å². The lowest BCUT2D eigenvalue weighted by Crippen LogP contribution is -2.05. The van der Waals surface area contributed by atoms with Gasteiger partial charge in [-0.25, -0.2) is 4.39 Å². The Kier molecular flexibility index (Phi) is 4.78. The van der Waals surface area contributed by atoms with E-state index < -0.39 is 5.82 Å². The number of ketones is 1. The van der Waals surface area contributed by atoms with Crippen molar-refractivity contribution in [3.8, 4) is 5.75 Å². The monoisotopic (exact) mass is 356 g/mol. The second-order valence-corrected chi connectivity index (χ2v) is 5.51. The van der Waals surface area contributed by atoms with Crippen LogP contribution in [0, 0.1) is 5.82 Å². The molecule has 0 saturated carbocycles. The van der Waals surface area contributed by atoms with Gasteiger partial charge in [-0.1, -0.05) is 27.5 Å². The third kappa shape index (κ3) is 3.38. The quantitative estimate of drug-likeness (QED) is 0.743. The summed E-state index contributed by atoms with van der Waals surface area (Å²) in [6.07, 6.45) is 0.157. The van der Waals surface area contributed by atoms with Crippen LogP contribution in [0.5, 0.6) is 5.75 Å². The van der Waals surface area contributed by atoms with E-state index in [4.69, 9.17) is 16.3 Å². The van der Waals surface area contributed by atoms with Gasteiger partial charge in [0.15, 0.2) is 5.78 Å². The minimum atomic E-state index is -0.539. The van der Waals surface area contributed by atoms with E-state index in [1.807, 2.05) is 12.1 Å². The van der Waals surface area contributed by atoms with Gasteiger partial charge in [0.05, 0.1) is 12.1 Å². The molecule has 0 bridgehead atoms. The number of halogens is 3. The van der Waals surface area contributed by atoms with Crippen molar-refractivity contribution in [1.29, 1.82) is 0 Å². The first kappa shape index (κ1) is 15.0. The number of Topliss-reactive ketones (excluding diaryl/α,β-unsaturated/α-hetero) is 1. The summed E-state index contributed by atoms with van der Waals surface area (Å²) in [5.41, 5.74) is 1.13. The highest BCUT2D eigenvalue weighted by molar-refractivity contribution is 9.10. The van der Waals surface area contributed by atoms with Crippen LogP contribution in [0.15, 0.2) is 40.9 Å². The maximum absolute atomic E-state index is 13.1. The molecular formula is C15H11BrClFO2. The summed E-state index contributed by atoms with van der Waals surface area (Å²) < 4.78 is 19.2. The van der Waals surface area contributed by atoms with Gasteiger partial charge in [0.25, 0.3) is 0 Å². The van der Waals surface area contributed by atoms with Crippen LogP contribution in [0.25, 0.3) is 0 Å². The van der Waals surface area contributed by atoms with Crippen LogP contribution < -0.4 is 4.74 Å². The van der Waals surface area contributed by atoms with Gasteiger partial charge in [0.1, 0.15) is 11.6 Å². The predicted octanol–water partition coefficient (Wildman–Crippen LogP) is 4.68. The smallest absolute Gasteiger partial charge is 0.167 e. The SMILES string of the molecule is COc1ccc(Br)cc1CC(=O)c1ccc(F)c(Cl)c1. The number of benzene rings is 2. The zero-order chi connectivity index (χ0) is 14.7. The fourth-order valence-corrected chi connectivity index (χ4v) is 2.42. The molecule has 0 aliphatic carbocycles. The fourth-order valence-electron chi connectivity index (χ4n) is 1.83. The van der Waals surface area contributed by atoms with Crippen molar-refractivity contribution >= 4 is 33.3 Å². The highest BCUT2D eigenvalue weighted by Gasteiger charge is 2.13. The number of hydrogen-bond acceptors (Lipinski definition) is 2. The molecule has 2 aromatic rings. The molecule has 0 aromatic heterocycles. The predicted molar refractivity (Wildman–Crippen MR) is 80.1 cm³/mol. The molecule has 0 amide bonds. The van der Waals surface area contributed by atoms with Crippen LogP contribution in [0.3, 0.4) is 0 Å². The molecule has 0 saturated heterocycles. The second kappa shape index (κ2) is 6.37. The number of ether oxygens (including phenoxy) is 1. The largest absolute Gasteiger partial charge is 0.496 e. The molecule has 5 heteroatoms. The summed E-state index contributed by atoms with van der Waals surface area (Å²) in [7, 11) is 1.55. The Hall–Kier alpha value is -1.39. The second-order valence-electron chi connectivity index (χ2n) is 4.19. The molecule has 0 spiro atoms. The van der Waals surface area contributed by atoms with E-state index in [1.54, 1.807) is 13.2 Å². The molecule has 0 unspecified atom stereocenters. The summed E-state index contributed by atoms with van der Waals surface area (Å²) in [5.74, 6) is -0.0543. The van der Waals surface area contributed by atoms with Crippen molar-refractivity contribution in [1.82, 2.24) is 0 Å². The van der Waals surface area contributed by atoms with Gasteiger partial charge in [0, 0.05) is 22.0 Å². The van der Waals surface area contributed by atoms with Crippen LogP contribution in [0.4, 0.5) is 4.39 Å². The molecule has 20 heavy (non-hydrogen) atoms. The molecule has 0 atom stereocenters. The Morgan fingerprint density at radius 3 is 2.70 bits per heavy atom. The van der Waals surface area contributed by atoms with E-state index in [0.717, 1.165) is 10.0 Å². The topological polar surface area (TPSA) is 26.3 Å². The van der Waals surface area contributed by atoms with Crippen LogP contribution in [-0.4, -0.2) is 12.9 Å². The van der Waals surface area contributed by atoms with Crippen LogP contribution in [-0.2, 0) is 6.42 Å². The summed E-state index contributed by atoms with van der Waals surface area (Å²) in [5, 5.41) is -0.0583. The van der Waals surface area contributed by atoms with Crippen molar-refractivity contribution in [3.63, 3.8) is 0 Å². The molecule has 0 aliphatic heterocycles. The first-order valence-electron chi connectivity index (χ1n) is 5.82. The summed E-state index contributed by atoms with van der Waals surface area (Å²) >= 11 is 9.04. The molecule has 104 valence electrons. The standard InChI is InChI=1S/C15H11BrClFO2/c1-20-15-5-3-11(16)6-10(15)8-14(19)9-2-4-13(18)12(17)7-9/h2-7H,8H2,1H3. The summed E-state index contributed by atoms with van der Waals surface area (Å²) in [6.45, 7) is 0. The van der Waals surface area contributed by atoms with Crippen LogP contribution in [0.2, 0.25) is 5.02 Å². The third-order valence-corrected chi connectivity index (χ3v) is 3.62. The van der Waals surface area contributed by atoms with Crippen molar-refractivity contribution in [3.05, 3.63) is 62.8 Å². The number of methoxy groups -OCH3 is 1. The maximum Gasteiger partial charge on any atom is 0.167 e. The van der Waals surface area contributed by atoms with E-state index >= 15 is 0 Å². The van der Waals surface area contributed by atoms with E-state index in [0.29, 0.717) is 11.3 Å². The average Bonchev–Trinajstić information content (AvgIpc) is 2.42. The molecule has 0 radical (unpaired) electrons. The Bertz CT molecular complexity index is 658. The molecule has 2 nitrogen and oxygen atoms in total.